The van der Waals surface area contributed by atoms with Crippen LogP contribution >= 0.6 is 0 Å². The fourth-order valence-corrected chi connectivity index (χ4v) is 2.84. The Labute approximate surface area is 137 Å². The Kier molecular flexibility index (Phi) is 3.69. The molecule has 1 fully saturated rings. The van der Waals surface area contributed by atoms with Gasteiger partial charge in [0.1, 0.15) is 5.75 Å². The number of hydrogen-bond acceptors (Lipinski definition) is 8. The molecule has 0 aromatic carbocycles. The standard InChI is InChI=1S/C15H17N7O2/c1-24-11-4-5-13(16-7-11)22-14-12(20-21-22)8-17-15(19-14)18-9-2-3-10(23)6-9/h4-5,7-10,23H,2-3,6H2,1H3,(H,17,18,19)/t9?,10-/m1/s1. The molecular weight excluding hydrogens is 310 g/mol. The average Bonchev–Trinajstić information content (AvgIpc) is 3.21. The van der Waals surface area contributed by atoms with Crippen molar-refractivity contribution in [1.82, 2.24) is 29.9 Å². The van der Waals surface area contributed by atoms with Gasteiger partial charge in [0.15, 0.2) is 17.0 Å². The number of nitrogens with one attached hydrogen (secondary N) is 1. The summed E-state index contributed by atoms with van der Waals surface area (Å²) in [6.45, 7) is 0. The third-order valence-corrected chi connectivity index (χ3v) is 4.10. The molecule has 0 spiro atoms. The Hall–Kier alpha value is -2.81. The normalized spacial score (nSPS) is 20.4. The van der Waals surface area contributed by atoms with E-state index in [0.29, 0.717) is 35.1 Å². The summed E-state index contributed by atoms with van der Waals surface area (Å²) in [6.07, 6.45) is 5.40. The molecule has 0 aliphatic heterocycles. The lowest BCUT2D eigenvalue weighted by atomic mass is 10.2. The number of nitrogens with zero attached hydrogens (tertiary/aromatic N) is 6. The zero-order valence-electron chi connectivity index (χ0n) is 13.1. The van der Waals surface area contributed by atoms with Gasteiger partial charge in [0.25, 0.3) is 0 Å². The van der Waals surface area contributed by atoms with Crippen LogP contribution < -0.4 is 10.1 Å². The number of anilines is 1. The highest BCUT2D eigenvalue weighted by molar-refractivity contribution is 5.71. The minimum atomic E-state index is -0.248. The second-order valence-electron chi connectivity index (χ2n) is 5.77. The topological polar surface area (TPSA) is 111 Å². The van der Waals surface area contributed by atoms with Gasteiger partial charge in [0.05, 0.1) is 25.6 Å². The SMILES string of the molecule is COc1ccc(-n2nnc3cnc(NC4CC[C@@H](O)C4)nc32)nc1. The van der Waals surface area contributed by atoms with E-state index in [0.717, 1.165) is 12.8 Å². The minimum absolute atomic E-state index is 0.181. The van der Waals surface area contributed by atoms with E-state index < -0.39 is 0 Å². The van der Waals surface area contributed by atoms with Crippen LogP contribution in [0.2, 0.25) is 0 Å². The first kappa shape index (κ1) is 14.8. The van der Waals surface area contributed by atoms with Crippen molar-refractivity contribution in [2.45, 2.75) is 31.4 Å². The zero-order chi connectivity index (χ0) is 16.5. The van der Waals surface area contributed by atoms with Crippen molar-refractivity contribution < 1.29 is 9.84 Å². The molecule has 3 heterocycles. The van der Waals surface area contributed by atoms with Gasteiger partial charge >= 0.3 is 0 Å². The van der Waals surface area contributed by atoms with Crippen molar-refractivity contribution in [3.05, 3.63) is 24.5 Å². The first-order chi connectivity index (χ1) is 11.7. The number of methoxy groups -OCH3 is 1. The van der Waals surface area contributed by atoms with Crippen molar-refractivity contribution in [2.75, 3.05) is 12.4 Å². The van der Waals surface area contributed by atoms with Crippen LogP contribution in [0.15, 0.2) is 24.5 Å². The van der Waals surface area contributed by atoms with Crippen LogP contribution in [0.3, 0.4) is 0 Å². The molecule has 0 radical (unpaired) electrons. The fourth-order valence-electron chi connectivity index (χ4n) is 2.84. The maximum atomic E-state index is 9.63. The molecule has 3 aromatic rings. The lowest BCUT2D eigenvalue weighted by Crippen LogP contribution is -2.18. The Bertz CT molecular complexity index is 849. The summed E-state index contributed by atoms with van der Waals surface area (Å²) < 4.78 is 6.67. The predicted molar refractivity (Wildman–Crippen MR) is 86.1 cm³/mol. The minimum Gasteiger partial charge on any atom is -0.495 e. The summed E-state index contributed by atoms with van der Waals surface area (Å²) in [4.78, 5) is 13.1. The second-order valence-corrected chi connectivity index (χ2v) is 5.77. The number of aromatic nitrogens is 6. The van der Waals surface area contributed by atoms with Gasteiger partial charge in [0, 0.05) is 6.04 Å². The van der Waals surface area contributed by atoms with Gasteiger partial charge in [-0.05, 0) is 31.4 Å². The number of hydrogen-bond donors (Lipinski definition) is 2. The van der Waals surface area contributed by atoms with Gasteiger partial charge in [-0.25, -0.2) is 9.97 Å². The van der Waals surface area contributed by atoms with E-state index in [1.807, 2.05) is 0 Å². The van der Waals surface area contributed by atoms with Crippen LogP contribution in [-0.2, 0) is 0 Å². The van der Waals surface area contributed by atoms with Crippen molar-refractivity contribution in [3.8, 4) is 11.6 Å². The van der Waals surface area contributed by atoms with Gasteiger partial charge in [0.2, 0.25) is 5.95 Å². The van der Waals surface area contributed by atoms with Crippen LogP contribution in [0.4, 0.5) is 5.95 Å². The first-order valence-corrected chi connectivity index (χ1v) is 7.76. The zero-order valence-corrected chi connectivity index (χ0v) is 13.1. The van der Waals surface area contributed by atoms with Gasteiger partial charge < -0.3 is 15.2 Å². The highest BCUT2D eigenvalue weighted by Crippen LogP contribution is 2.22. The summed E-state index contributed by atoms with van der Waals surface area (Å²) in [5, 5.41) is 21.1. The molecule has 124 valence electrons. The molecule has 0 amide bonds. The molecule has 2 atom stereocenters. The third kappa shape index (κ3) is 2.73. The van der Waals surface area contributed by atoms with Gasteiger partial charge in [-0.3, -0.25) is 0 Å². The number of pyridine rings is 1. The monoisotopic (exact) mass is 327 g/mol. The van der Waals surface area contributed by atoms with Gasteiger partial charge in [-0.2, -0.15) is 9.67 Å². The van der Waals surface area contributed by atoms with Crippen LogP contribution in [0.25, 0.3) is 17.0 Å². The van der Waals surface area contributed by atoms with Crippen LogP contribution in [0.5, 0.6) is 5.75 Å². The molecule has 1 aliphatic carbocycles. The van der Waals surface area contributed by atoms with Crippen molar-refractivity contribution in [1.29, 1.82) is 0 Å². The van der Waals surface area contributed by atoms with Gasteiger partial charge in [-0.1, -0.05) is 5.21 Å². The highest BCUT2D eigenvalue weighted by Gasteiger charge is 2.23. The predicted octanol–water partition coefficient (Wildman–Crippen LogP) is 0.939. The Balaban J connectivity index is 1.65. The molecule has 1 saturated carbocycles. The molecule has 9 nitrogen and oxygen atoms in total. The Morgan fingerprint density at radius 1 is 1.25 bits per heavy atom. The number of fused-ring (bicyclic) bond motifs is 1. The molecule has 2 N–H and O–H groups in total. The van der Waals surface area contributed by atoms with E-state index in [2.05, 4.69) is 30.6 Å². The maximum Gasteiger partial charge on any atom is 0.225 e. The smallest absolute Gasteiger partial charge is 0.225 e. The third-order valence-electron chi connectivity index (χ3n) is 4.10. The molecule has 1 unspecified atom stereocenters. The molecule has 1 aliphatic rings. The maximum absolute atomic E-state index is 9.63. The molecular formula is C15H17N7O2. The van der Waals surface area contributed by atoms with E-state index in [9.17, 15) is 5.11 Å². The lowest BCUT2D eigenvalue weighted by molar-refractivity contribution is 0.182. The molecule has 0 bridgehead atoms. The number of aliphatic hydroxyl groups excluding tert-OH is 1. The van der Waals surface area contributed by atoms with Crippen molar-refractivity contribution in [2.24, 2.45) is 0 Å². The fraction of sp³-hybridized carbons (Fsp3) is 0.400. The van der Waals surface area contributed by atoms with Crippen molar-refractivity contribution in [3.63, 3.8) is 0 Å². The molecule has 9 heteroatoms. The average molecular weight is 327 g/mol. The van der Waals surface area contributed by atoms with E-state index in [1.54, 1.807) is 36.3 Å². The summed E-state index contributed by atoms with van der Waals surface area (Å²) in [5.74, 6) is 1.76. The molecule has 3 aromatic heterocycles. The summed E-state index contributed by atoms with van der Waals surface area (Å²) >= 11 is 0. The Morgan fingerprint density at radius 3 is 2.88 bits per heavy atom. The van der Waals surface area contributed by atoms with E-state index in [4.69, 9.17) is 4.74 Å². The molecule has 0 saturated heterocycles. The van der Waals surface area contributed by atoms with Crippen LogP contribution in [0, 0.1) is 0 Å². The summed E-state index contributed by atoms with van der Waals surface area (Å²) in [5.41, 5.74) is 1.16. The van der Waals surface area contributed by atoms with E-state index in [-0.39, 0.29) is 12.1 Å². The van der Waals surface area contributed by atoms with Crippen LogP contribution in [0.1, 0.15) is 19.3 Å². The largest absolute Gasteiger partial charge is 0.495 e. The summed E-state index contributed by atoms with van der Waals surface area (Å²) in [7, 11) is 1.59. The van der Waals surface area contributed by atoms with E-state index in [1.165, 1.54) is 0 Å². The first-order valence-electron chi connectivity index (χ1n) is 7.76. The van der Waals surface area contributed by atoms with Gasteiger partial charge in [-0.15, -0.1) is 5.10 Å². The number of aliphatic hydroxyl groups is 1. The quantitative estimate of drug-likeness (QED) is 0.728. The second kappa shape index (κ2) is 6.00. The van der Waals surface area contributed by atoms with E-state index >= 15 is 0 Å². The van der Waals surface area contributed by atoms with Crippen molar-refractivity contribution >= 4 is 17.1 Å². The van der Waals surface area contributed by atoms with Crippen LogP contribution in [-0.4, -0.2) is 54.3 Å². The number of ether oxygens (including phenoxy) is 1. The molecule has 24 heavy (non-hydrogen) atoms. The number of rotatable bonds is 4. The Morgan fingerprint density at radius 2 is 2.17 bits per heavy atom. The molecule has 4 rings (SSSR count). The highest BCUT2D eigenvalue weighted by atomic mass is 16.5. The summed E-state index contributed by atoms with van der Waals surface area (Å²) in [6, 6.07) is 3.77. The lowest BCUT2D eigenvalue weighted by Gasteiger charge is -2.11.